The van der Waals surface area contributed by atoms with Gasteiger partial charge in [0.05, 0.1) is 0 Å². The maximum absolute atomic E-state index is 3.46. The molecule has 0 amide bonds. The van der Waals surface area contributed by atoms with E-state index >= 15 is 0 Å². The zero-order chi connectivity index (χ0) is 8.81. The molecule has 0 aromatic heterocycles. The second-order valence-electron chi connectivity index (χ2n) is 2.78. The molecule has 0 nitrogen and oxygen atoms in total. The number of hydrogen-bond donors (Lipinski definition) is 0. The normalized spacial score (nSPS) is 10.2. The monoisotopic (exact) mass is 290 g/mol. The smallest absolute Gasteiger partial charge is 0.0177 e. The highest BCUT2D eigenvalue weighted by Gasteiger charge is 1.93. The first-order valence-electron chi connectivity index (χ1n) is 4.13. The van der Waals surface area contributed by atoms with Gasteiger partial charge in [0.1, 0.15) is 0 Å². The van der Waals surface area contributed by atoms with Crippen molar-refractivity contribution >= 4 is 31.9 Å². The molecule has 0 atom stereocenters. The lowest BCUT2D eigenvalue weighted by Gasteiger charge is -1.99. The fraction of sp³-hybridized carbons (Fsp3) is 0.400. The van der Waals surface area contributed by atoms with Gasteiger partial charge in [-0.3, -0.25) is 0 Å². The molecule has 1 aromatic rings. The van der Waals surface area contributed by atoms with Crippen LogP contribution in [0.1, 0.15) is 18.4 Å². The summed E-state index contributed by atoms with van der Waals surface area (Å²) in [6.45, 7) is 0. The molecule has 0 aliphatic rings. The van der Waals surface area contributed by atoms with Gasteiger partial charge in [-0.15, -0.1) is 0 Å². The molecule has 0 bridgehead atoms. The molecule has 1 rings (SSSR count). The summed E-state index contributed by atoms with van der Waals surface area (Å²) in [5, 5.41) is 1.11. The Morgan fingerprint density at radius 1 is 1.17 bits per heavy atom. The molecule has 0 unspecified atom stereocenters. The van der Waals surface area contributed by atoms with Gasteiger partial charge in [-0.2, -0.15) is 0 Å². The van der Waals surface area contributed by atoms with Crippen molar-refractivity contribution in [1.29, 1.82) is 0 Å². The van der Waals surface area contributed by atoms with Crippen LogP contribution in [0.3, 0.4) is 0 Å². The first-order chi connectivity index (χ1) is 5.83. The minimum absolute atomic E-state index is 1.11. The number of halogens is 2. The maximum Gasteiger partial charge on any atom is 0.0177 e. The van der Waals surface area contributed by atoms with Gasteiger partial charge in [-0.1, -0.05) is 44.0 Å². The van der Waals surface area contributed by atoms with Crippen LogP contribution in [0.4, 0.5) is 0 Å². The number of aryl methyl sites for hydroxylation is 1. The molecular weight excluding hydrogens is 280 g/mol. The highest BCUT2D eigenvalue weighted by molar-refractivity contribution is 9.10. The van der Waals surface area contributed by atoms with E-state index in [0.717, 1.165) is 5.33 Å². The van der Waals surface area contributed by atoms with Gasteiger partial charge in [0.2, 0.25) is 0 Å². The van der Waals surface area contributed by atoms with Gasteiger partial charge >= 0.3 is 0 Å². The van der Waals surface area contributed by atoms with Gasteiger partial charge in [-0.05, 0) is 37.0 Å². The van der Waals surface area contributed by atoms with Crippen LogP contribution < -0.4 is 0 Å². The van der Waals surface area contributed by atoms with E-state index in [-0.39, 0.29) is 0 Å². The molecule has 12 heavy (non-hydrogen) atoms. The average molecular weight is 292 g/mol. The zero-order valence-corrected chi connectivity index (χ0v) is 10.1. The van der Waals surface area contributed by atoms with Gasteiger partial charge < -0.3 is 0 Å². The summed E-state index contributed by atoms with van der Waals surface area (Å²) in [4.78, 5) is 0. The van der Waals surface area contributed by atoms with Crippen LogP contribution in [0.15, 0.2) is 28.7 Å². The van der Waals surface area contributed by atoms with Gasteiger partial charge in [-0.25, -0.2) is 0 Å². The average Bonchev–Trinajstić information content (AvgIpc) is 2.05. The third-order valence-corrected chi connectivity index (χ3v) is 2.79. The molecule has 1 aromatic carbocycles. The molecule has 66 valence electrons. The molecule has 0 saturated carbocycles. The number of alkyl halides is 1. The Balaban J connectivity index is 2.41. The summed E-state index contributed by atoms with van der Waals surface area (Å²) in [6.07, 6.45) is 3.71. The largest absolute Gasteiger partial charge is 0.0928 e. The molecule has 0 spiro atoms. The van der Waals surface area contributed by atoms with E-state index in [2.05, 4.69) is 56.1 Å². The minimum Gasteiger partial charge on any atom is -0.0928 e. The van der Waals surface area contributed by atoms with Crippen molar-refractivity contribution in [3.05, 3.63) is 34.3 Å². The van der Waals surface area contributed by atoms with E-state index in [1.807, 2.05) is 0 Å². The van der Waals surface area contributed by atoms with Crippen LogP contribution in [0.25, 0.3) is 0 Å². The van der Waals surface area contributed by atoms with Crippen LogP contribution in [0.5, 0.6) is 0 Å². The first-order valence-corrected chi connectivity index (χ1v) is 6.05. The van der Waals surface area contributed by atoms with Crippen molar-refractivity contribution in [2.75, 3.05) is 5.33 Å². The SMILES string of the molecule is BrCCCCc1cccc(Br)c1. The van der Waals surface area contributed by atoms with Gasteiger partial charge in [0.25, 0.3) is 0 Å². The molecule has 0 aliphatic carbocycles. The Morgan fingerprint density at radius 2 is 2.00 bits per heavy atom. The number of benzene rings is 1. The quantitative estimate of drug-likeness (QED) is 0.577. The summed E-state index contributed by atoms with van der Waals surface area (Å²) in [5.74, 6) is 0. The fourth-order valence-electron chi connectivity index (χ4n) is 1.12. The van der Waals surface area contributed by atoms with Crippen molar-refractivity contribution < 1.29 is 0 Å². The van der Waals surface area contributed by atoms with Gasteiger partial charge in [0, 0.05) is 9.80 Å². The van der Waals surface area contributed by atoms with E-state index in [0.29, 0.717) is 0 Å². The highest BCUT2D eigenvalue weighted by atomic mass is 79.9. The van der Waals surface area contributed by atoms with Crippen LogP contribution in [0, 0.1) is 0 Å². The Hall–Kier alpha value is 0.180. The second kappa shape index (κ2) is 5.76. The second-order valence-corrected chi connectivity index (χ2v) is 4.48. The van der Waals surface area contributed by atoms with Crippen LogP contribution in [-0.4, -0.2) is 5.33 Å². The Labute approximate surface area is 90.6 Å². The lowest BCUT2D eigenvalue weighted by Crippen LogP contribution is -1.85. The lowest BCUT2D eigenvalue weighted by atomic mass is 10.1. The fourth-order valence-corrected chi connectivity index (χ4v) is 1.96. The number of unbranched alkanes of at least 4 members (excludes halogenated alkanes) is 1. The third kappa shape index (κ3) is 3.72. The lowest BCUT2D eigenvalue weighted by molar-refractivity contribution is 0.805. The standard InChI is InChI=1S/C10H12Br2/c11-7-2-1-4-9-5-3-6-10(12)8-9/h3,5-6,8H,1-2,4,7H2. The van der Waals surface area contributed by atoms with Crippen LogP contribution in [-0.2, 0) is 6.42 Å². The molecule has 0 heterocycles. The summed E-state index contributed by atoms with van der Waals surface area (Å²) in [5.41, 5.74) is 1.42. The molecule has 0 N–H and O–H groups in total. The molecular formula is C10H12Br2. The van der Waals surface area contributed by atoms with Gasteiger partial charge in [0.15, 0.2) is 0 Å². The van der Waals surface area contributed by atoms with Crippen molar-refractivity contribution in [3.63, 3.8) is 0 Å². The predicted molar refractivity (Wildman–Crippen MR) is 60.9 cm³/mol. The summed E-state index contributed by atoms with van der Waals surface area (Å²) >= 11 is 6.89. The van der Waals surface area contributed by atoms with Crippen molar-refractivity contribution in [2.24, 2.45) is 0 Å². The van der Waals surface area contributed by atoms with Crippen molar-refractivity contribution in [2.45, 2.75) is 19.3 Å². The summed E-state index contributed by atoms with van der Waals surface area (Å²) in [7, 11) is 0. The molecule has 0 fully saturated rings. The van der Waals surface area contributed by atoms with Crippen molar-refractivity contribution in [1.82, 2.24) is 0 Å². The molecule has 0 saturated heterocycles. The van der Waals surface area contributed by atoms with E-state index in [1.165, 1.54) is 29.3 Å². The molecule has 2 heteroatoms. The zero-order valence-electron chi connectivity index (χ0n) is 6.89. The number of hydrogen-bond acceptors (Lipinski definition) is 0. The maximum atomic E-state index is 3.46. The summed E-state index contributed by atoms with van der Waals surface area (Å²) < 4.78 is 1.18. The number of rotatable bonds is 4. The highest BCUT2D eigenvalue weighted by Crippen LogP contribution is 2.13. The Morgan fingerprint density at radius 3 is 2.67 bits per heavy atom. The van der Waals surface area contributed by atoms with E-state index < -0.39 is 0 Å². The Bertz CT molecular complexity index is 233. The summed E-state index contributed by atoms with van der Waals surface area (Å²) in [6, 6.07) is 8.52. The van der Waals surface area contributed by atoms with Crippen LogP contribution in [0.2, 0.25) is 0 Å². The molecule has 0 radical (unpaired) electrons. The first kappa shape index (κ1) is 10.3. The topological polar surface area (TPSA) is 0 Å². The van der Waals surface area contributed by atoms with E-state index in [9.17, 15) is 0 Å². The van der Waals surface area contributed by atoms with Crippen molar-refractivity contribution in [3.8, 4) is 0 Å². The van der Waals surface area contributed by atoms with Crippen LogP contribution >= 0.6 is 31.9 Å². The van der Waals surface area contributed by atoms with E-state index in [1.54, 1.807) is 0 Å². The Kier molecular flexibility index (Phi) is 4.93. The minimum atomic E-state index is 1.11. The van der Waals surface area contributed by atoms with E-state index in [4.69, 9.17) is 0 Å². The predicted octanol–water partition coefficient (Wildman–Crippen LogP) is 4.17. The third-order valence-electron chi connectivity index (χ3n) is 1.74. The molecule has 0 aliphatic heterocycles.